The van der Waals surface area contributed by atoms with E-state index in [0.29, 0.717) is 4.83 Å². The molecule has 1 nitrogen and oxygen atoms in total. The maximum atomic E-state index is 10.1. The first kappa shape index (κ1) is 13.4. The van der Waals surface area contributed by atoms with Crippen molar-refractivity contribution in [3.63, 3.8) is 0 Å². The summed E-state index contributed by atoms with van der Waals surface area (Å²) in [5.74, 6) is 0. The highest BCUT2D eigenvalue weighted by molar-refractivity contribution is 9.09. The fourth-order valence-corrected chi connectivity index (χ4v) is 3.94. The van der Waals surface area contributed by atoms with Crippen LogP contribution in [0.3, 0.4) is 0 Å². The molecule has 0 saturated heterocycles. The Hall–Kier alpha value is -0.0800. The predicted octanol–water partition coefficient (Wildman–Crippen LogP) is 4.21. The molecule has 3 atom stereocenters. The summed E-state index contributed by atoms with van der Waals surface area (Å²) < 4.78 is 0. The summed E-state index contributed by atoms with van der Waals surface area (Å²) in [4.78, 5) is 0.506. The summed E-state index contributed by atoms with van der Waals surface area (Å²) in [6.07, 6.45) is 9.60. The largest absolute Gasteiger partial charge is 0.386 e. The van der Waals surface area contributed by atoms with E-state index >= 15 is 0 Å². The van der Waals surface area contributed by atoms with Crippen LogP contribution in [0, 0.1) is 10.8 Å². The van der Waals surface area contributed by atoms with Crippen LogP contribution in [0.15, 0.2) is 23.8 Å². The summed E-state index contributed by atoms with van der Waals surface area (Å²) in [6, 6.07) is 0. The highest BCUT2D eigenvalue weighted by atomic mass is 79.9. The van der Waals surface area contributed by atoms with Crippen molar-refractivity contribution in [1.29, 1.82) is 0 Å². The Morgan fingerprint density at radius 2 is 1.88 bits per heavy atom. The molecule has 2 aliphatic carbocycles. The van der Waals surface area contributed by atoms with E-state index in [2.05, 4.69) is 48.9 Å². The van der Waals surface area contributed by atoms with Gasteiger partial charge in [-0.25, -0.2) is 0 Å². The van der Waals surface area contributed by atoms with Crippen LogP contribution >= 0.6 is 15.9 Å². The minimum absolute atomic E-state index is 0.113. The molecule has 1 N–H and O–H groups in total. The fraction of sp³-hybridized carbons (Fsp3) is 0.733. The van der Waals surface area contributed by atoms with Crippen LogP contribution < -0.4 is 0 Å². The van der Waals surface area contributed by atoms with E-state index in [9.17, 15) is 5.11 Å². The number of alkyl halides is 1. The van der Waals surface area contributed by atoms with Crippen LogP contribution in [-0.4, -0.2) is 15.5 Å². The SMILES string of the molecule is CC1=CCC(Br)C(C)(C)C12C=CC(C)(O)CC2. The van der Waals surface area contributed by atoms with Crippen molar-refractivity contribution in [1.82, 2.24) is 0 Å². The molecule has 0 aromatic heterocycles. The summed E-state index contributed by atoms with van der Waals surface area (Å²) in [7, 11) is 0. The van der Waals surface area contributed by atoms with E-state index in [0.717, 1.165) is 19.3 Å². The summed E-state index contributed by atoms with van der Waals surface area (Å²) >= 11 is 3.84. The molecule has 1 spiro atoms. The standard InChI is InChI=1S/C15H23BrO/c1-11-5-6-12(16)13(2,3)15(11)9-7-14(4,17)8-10-15/h5,7,9,12,17H,6,8,10H2,1-4H3. The summed E-state index contributed by atoms with van der Waals surface area (Å²) in [6.45, 7) is 8.82. The molecule has 0 amide bonds. The maximum absolute atomic E-state index is 10.1. The quantitative estimate of drug-likeness (QED) is 0.524. The van der Waals surface area contributed by atoms with Crippen LogP contribution in [-0.2, 0) is 0 Å². The van der Waals surface area contributed by atoms with E-state index in [1.165, 1.54) is 5.57 Å². The minimum Gasteiger partial charge on any atom is -0.386 e. The fourth-order valence-electron chi connectivity index (χ4n) is 3.35. The number of hydrogen-bond acceptors (Lipinski definition) is 1. The Kier molecular flexibility index (Phi) is 3.11. The average molecular weight is 299 g/mol. The molecule has 0 radical (unpaired) electrons. The van der Waals surface area contributed by atoms with E-state index in [4.69, 9.17) is 0 Å². The molecule has 0 aliphatic heterocycles. The first-order valence-electron chi connectivity index (χ1n) is 6.45. The van der Waals surface area contributed by atoms with Crippen molar-refractivity contribution in [2.75, 3.05) is 0 Å². The molecule has 0 bridgehead atoms. The molecule has 0 aromatic rings. The number of rotatable bonds is 0. The smallest absolute Gasteiger partial charge is 0.0800 e. The highest BCUT2D eigenvalue weighted by Gasteiger charge is 2.51. The maximum Gasteiger partial charge on any atom is 0.0800 e. The van der Waals surface area contributed by atoms with Crippen LogP contribution in [0.5, 0.6) is 0 Å². The van der Waals surface area contributed by atoms with Crippen LogP contribution in [0.4, 0.5) is 0 Å². The Morgan fingerprint density at radius 3 is 2.41 bits per heavy atom. The van der Waals surface area contributed by atoms with Crippen molar-refractivity contribution in [2.24, 2.45) is 10.8 Å². The topological polar surface area (TPSA) is 20.2 Å². The van der Waals surface area contributed by atoms with Crippen molar-refractivity contribution in [3.05, 3.63) is 23.8 Å². The summed E-state index contributed by atoms with van der Waals surface area (Å²) in [5.41, 5.74) is 1.14. The van der Waals surface area contributed by atoms with Crippen molar-refractivity contribution >= 4 is 15.9 Å². The van der Waals surface area contributed by atoms with E-state index < -0.39 is 5.60 Å². The van der Waals surface area contributed by atoms with E-state index in [1.807, 2.05) is 13.0 Å². The van der Waals surface area contributed by atoms with Crippen molar-refractivity contribution < 1.29 is 5.11 Å². The molecule has 0 heterocycles. The number of halogens is 1. The lowest BCUT2D eigenvalue weighted by Gasteiger charge is -2.54. The second kappa shape index (κ2) is 3.96. The van der Waals surface area contributed by atoms with E-state index in [-0.39, 0.29) is 10.8 Å². The van der Waals surface area contributed by atoms with Gasteiger partial charge in [0, 0.05) is 10.2 Å². The lowest BCUT2D eigenvalue weighted by molar-refractivity contribution is 0.0454. The van der Waals surface area contributed by atoms with Gasteiger partial charge >= 0.3 is 0 Å². The second-order valence-corrected chi connectivity index (χ2v) is 7.58. The van der Waals surface area contributed by atoms with Gasteiger partial charge in [-0.05, 0) is 38.5 Å². The average Bonchev–Trinajstić information content (AvgIpc) is 2.23. The molecule has 2 aliphatic rings. The molecule has 0 saturated carbocycles. The number of hydrogen-bond donors (Lipinski definition) is 1. The zero-order valence-corrected chi connectivity index (χ0v) is 12.8. The molecule has 0 fully saturated rings. The third kappa shape index (κ3) is 1.94. The number of aliphatic hydroxyl groups is 1. The minimum atomic E-state index is -0.624. The van der Waals surface area contributed by atoms with Gasteiger partial charge in [-0.2, -0.15) is 0 Å². The van der Waals surface area contributed by atoms with Gasteiger partial charge in [0.15, 0.2) is 0 Å². The van der Waals surface area contributed by atoms with Gasteiger partial charge in [-0.3, -0.25) is 0 Å². The molecule has 0 aromatic carbocycles. The normalized spacial score (nSPS) is 44.8. The van der Waals surface area contributed by atoms with Crippen LogP contribution in [0.1, 0.15) is 47.0 Å². The zero-order chi connectivity index (χ0) is 12.9. The molecule has 2 rings (SSSR count). The molecular formula is C15H23BrO. The van der Waals surface area contributed by atoms with Crippen molar-refractivity contribution in [3.8, 4) is 0 Å². The Balaban J connectivity index is 2.48. The molecular weight excluding hydrogens is 276 g/mol. The summed E-state index contributed by atoms with van der Waals surface area (Å²) in [5, 5.41) is 10.1. The molecule has 2 heteroatoms. The Morgan fingerprint density at radius 1 is 1.24 bits per heavy atom. The first-order chi connectivity index (χ1) is 7.71. The zero-order valence-electron chi connectivity index (χ0n) is 11.3. The van der Waals surface area contributed by atoms with E-state index in [1.54, 1.807) is 0 Å². The number of allylic oxidation sites excluding steroid dienone is 3. The van der Waals surface area contributed by atoms with Gasteiger partial charge in [0.05, 0.1) is 5.60 Å². The van der Waals surface area contributed by atoms with Gasteiger partial charge in [0.2, 0.25) is 0 Å². The third-order valence-electron chi connectivity index (χ3n) is 5.02. The van der Waals surface area contributed by atoms with Gasteiger partial charge in [-0.15, -0.1) is 0 Å². The predicted molar refractivity (Wildman–Crippen MR) is 76.3 cm³/mol. The third-order valence-corrected chi connectivity index (χ3v) is 6.54. The van der Waals surface area contributed by atoms with Gasteiger partial charge in [0.25, 0.3) is 0 Å². The Labute approximate surface area is 113 Å². The highest BCUT2D eigenvalue weighted by Crippen LogP contribution is 2.58. The first-order valence-corrected chi connectivity index (χ1v) is 7.37. The monoisotopic (exact) mass is 298 g/mol. The van der Waals surface area contributed by atoms with Crippen LogP contribution in [0.25, 0.3) is 0 Å². The van der Waals surface area contributed by atoms with Gasteiger partial charge in [0.1, 0.15) is 0 Å². The lowest BCUT2D eigenvalue weighted by atomic mass is 9.53. The molecule has 96 valence electrons. The Bertz CT molecular complexity index is 378. The van der Waals surface area contributed by atoms with Crippen LogP contribution in [0.2, 0.25) is 0 Å². The lowest BCUT2D eigenvalue weighted by Crippen LogP contribution is -2.48. The van der Waals surface area contributed by atoms with Gasteiger partial charge < -0.3 is 5.11 Å². The van der Waals surface area contributed by atoms with Gasteiger partial charge in [-0.1, -0.05) is 53.6 Å². The molecule has 17 heavy (non-hydrogen) atoms. The molecule has 3 unspecified atom stereocenters. The second-order valence-electron chi connectivity index (χ2n) is 6.47. The van der Waals surface area contributed by atoms with Crippen molar-refractivity contribution in [2.45, 2.75) is 57.4 Å².